The first-order valence-electron chi connectivity index (χ1n) is 5.79. The molecule has 96 valence electrons. The third kappa shape index (κ3) is 3.42. The van der Waals surface area contributed by atoms with Gasteiger partial charge >= 0.3 is 0 Å². The second-order valence-corrected chi connectivity index (χ2v) is 6.41. The summed E-state index contributed by atoms with van der Waals surface area (Å²) in [4.78, 5) is 0. The van der Waals surface area contributed by atoms with Crippen molar-refractivity contribution in [2.45, 2.75) is 52.5 Å². The topological polar surface area (TPSA) is 12.0 Å². The lowest BCUT2D eigenvalue weighted by Crippen LogP contribution is -2.27. The van der Waals surface area contributed by atoms with Gasteiger partial charge in [0.05, 0.1) is 5.69 Å². The number of hydrogen-bond donors (Lipinski definition) is 1. The molecule has 0 saturated heterocycles. The van der Waals surface area contributed by atoms with Crippen LogP contribution in [-0.4, -0.2) is 5.54 Å². The van der Waals surface area contributed by atoms with Crippen LogP contribution in [0.25, 0.3) is 0 Å². The molecule has 0 saturated carbocycles. The van der Waals surface area contributed by atoms with Gasteiger partial charge in [-0.15, -0.1) is 0 Å². The van der Waals surface area contributed by atoms with Crippen LogP contribution in [0.2, 0.25) is 0 Å². The van der Waals surface area contributed by atoms with Crippen molar-refractivity contribution in [2.24, 2.45) is 0 Å². The highest BCUT2D eigenvalue weighted by molar-refractivity contribution is 5.49. The van der Waals surface area contributed by atoms with Crippen molar-refractivity contribution in [3.8, 4) is 0 Å². The summed E-state index contributed by atoms with van der Waals surface area (Å²) in [5.41, 5.74) is -0.0840. The number of hydrogen-bond acceptors (Lipinski definition) is 1. The fourth-order valence-electron chi connectivity index (χ4n) is 1.63. The van der Waals surface area contributed by atoms with Gasteiger partial charge in [-0.05, 0) is 37.8 Å². The van der Waals surface area contributed by atoms with Gasteiger partial charge in [-0.1, -0.05) is 26.8 Å². The smallest absolute Gasteiger partial charge is 0.182 e. The summed E-state index contributed by atoms with van der Waals surface area (Å²) in [6.45, 7) is 11.3. The van der Waals surface area contributed by atoms with Crippen molar-refractivity contribution >= 4 is 5.69 Å². The minimum absolute atomic E-state index is 0.211. The van der Waals surface area contributed by atoms with Crippen molar-refractivity contribution in [3.05, 3.63) is 29.3 Å². The third-order valence-corrected chi connectivity index (χ3v) is 2.40. The maximum atomic E-state index is 13.9. The van der Waals surface area contributed by atoms with Crippen molar-refractivity contribution in [1.82, 2.24) is 0 Å². The fourth-order valence-corrected chi connectivity index (χ4v) is 1.63. The number of nitrogens with one attached hydrogen (secondary N) is 1. The van der Waals surface area contributed by atoms with E-state index in [2.05, 4.69) is 5.32 Å². The summed E-state index contributed by atoms with van der Waals surface area (Å²) < 4.78 is 27.8. The minimum atomic E-state index is -0.799. The van der Waals surface area contributed by atoms with E-state index in [-0.39, 0.29) is 11.2 Å². The fraction of sp³-hybridized carbons (Fsp3) is 0.571. The molecule has 0 fully saturated rings. The van der Waals surface area contributed by atoms with Crippen LogP contribution in [0.1, 0.15) is 47.1 Å². The van der Waals surface area contributed by atoms with Crippen LogP contribution in [0.5, 0.6) is 0 Å². The number of rotatable bonds is 1. The van der Waals surface area contributed by atoms with Crippen LogP contribution < -0.4 is 5.32 Å². The van der Waals surface area contributed by atoms with E-state index >= 15 is 0 Å². The molecule has 0 atom stereocenters. The van der Waals surface area contributed by atoms with Gasteiger partial charge in [0.15, 0.2) is 11.6 Å². The molecule has 0 heterocycles. The Kier molecular flexibility index (Phi) is 3.51. The van der Waals surface area contributed by atoms with Crippen LogP contribution in [0.4, 0.5) is 14.5 Å². The molecule has 1 nitrogen and oxygen atoms in total. The molecule has 17 heavy (non-hydrogen) atoms. The first kappa shape index (κ1) is 13.9. The summed E-state index contributed by atoms with van der Waals surface area (Å²) in [5.74, 6) is -1.56. The lowest BCUT2D eigenvalue weighted by atomic mass is 9.86. The molecule has 1 aromatic carbocycles. The molecule has 0 radical (unpaired) electrons. The summed E-state index contributed by atoms with van der Waals surface area (Å²) in [5, 5.41) is 2.95. The Morgan fingerprint density at radius 3 is 1.82 bits per heavy atom. The van der Waals surface area contributed by atoms with Gasteiger partial charge in [0, 0.05) is 5.54 Å². The predicted octanol–water partition coefficient (Wildman–Crippen LogP) is 4.47. The number of benzene rings is 1. The van der Waals surface area contributed by atoms with E-state index in [0.717, 1.165) is 0 Å². The third-order valence-electron chi connectivity index (χ3n) is 2.40. The van der Waals surface area contributed by atoms with E-state index in [9.17, 15) is 8.78 Å². The monoisotopic (exact) mass is 241 g/mol. The molecule has 0 aliphatic rings. The highest BCUT2D eigenvalue weighted by Gasteiger charge is 2.23. The highest BCUT2D eigenvalue weighted by Crippen LogP contribution is 2.30. The second kappa shape index (κ2) is 4.28. The molecule has 1 rings (SSSR count). The van der Waals surface area contributed by atoms with Gasteiger partial charge < -0.3 is 5.32 Å². The molecule has 0 unspecified atom stereocenters. The van der Waals surface area contributed by atoms with E-state index in [1.807, 2.05) is 41.5 Å². The molecule has 0 aliphatic carbocycles. The number of halogens is 2. The zero-order chi connectivity index (χ0) is 13.4. The highest BCUT2D eigenvalue weighted by atomic mass is 19.2. The summed E-state index contributed by atoms with van der Waals surface area (Å²) >= 11 is 0. The lowest BCUT2D eigenvalue weighted by Gasteiger charge is -2.25. The minimum Gasteiger partial charge on any atom is -0.378 e. The Morgan fingerprint density at radius 1 is 0.882 bits per heavy atom. The molecular formula is C14H21F2N. The molecule has 0 aliphatic heterocycles. The zero-order valence-corrected chi connectivity index (χ0v) is 11.4. The molecule has 1 N–H and O–H groups in total. The van der Waals surface area contributed by atoms with Gasteiger partial charge in [-0.25, -0.2) is 8.78 Å². The van der Waals surface area contributed by atoms with E-state index in [0.29, 0.717) is 5.56 Å². The van der Waals surface area contributed by atoms with Gasteiger partial charge in [0.2, 0.25) is 0 Å². The van der Waals surface area contributed by atoms with Crippen LogP contribution in [0.15, 0.2) is 12.1 Å². The van der Waals surface area contributed by atoms with Crippen molar-refractivity contribution in [1.29, 1.82) is 0 Å². The van der Waals surface area contributed by atoms with Crippen molar-refractivity contribution < 1.29 is 8.78 Å². The first-order chi connectivity index (χ1) is 7.52. The predicted molar refractivity (Wildman–Crippen MR) is 68.4 cm³/mol. The van der Waals surface area contributed by atoms with Crippen molar-refractivity contribution in [3.63, 3.8) is 0 Å². The van der Waals surface area contributed by atoms with E-state index in [1.165, 1.54) is 0 Å². The van der Waals surface area contributed by atoms with Crippen LogP contribution in [-0.2, 0) is 5.41 Å². The van der Waals surface area contributed by atoms with E-state index in [1.54, 1.807) is 12.1 Å². The molecular weight excluding hydrogens is 220 g/mol. The first-order valence-corrected chi connectivity index (χ1v) is 5.79. The Morgan fingerprint density at radius 2 is 1.41 bits per heavy atom. The molecule has 3 heteroatoms. The Hall–Kier alpha value is -1.12. The average molecular weight is 241 g/mol. The van der Waals surface area contributed by atoms with Gasteiger partial charge in [-0.2, -0.15) is 0 Å². The largest absolute Gasteiger partial charge is 0.378 e. The van der Waals surface area contributed by atoms with E-state index in [4.69, 9.17) is 0 Å². The SMILES string of the molecule is CC(C)(C)Nc1ccc(C(C)(C)C)c(F)c1F. The Balaban J connectivity index is 3.21. The molecule has 0 spiro atoms. The van der Waals surface area contributed by atoms with Crippen molar-refractivity contribution in [2.75, 3.05) is 5.32 Å². The maximum Gasteiger partial charge on any atom is 0.182 e. The molecule has 0 amide bonds. The average Bonchev–Trinajstić information content (AvgIpc) is 2.08. The summed E-state index contributed by atoms with van der Waals surface area (Å²) in [6, 6.07) is 3.25. The standard InChI is InChI=1S/C14H21F2N/c1-13(2,3)9-7-8-10(12(16)11(9)15)17-14(4,5)6/h7-8,17H,1-6H3. The lowest BCUT2D eigenvalue weighted by molar-refractivity contribution is 0.464. The van der Waals surface area contributed by atoms with Gasteiger partial charge in [0.25, 0.3) is 0 Å². The van der Waals surface area contributed by atoms with E-state index < -0.39 is 17.0 Å². The zero-order valence-electron chi connectivity index (χ0n) is 11.4. The van der Waals surface area contributed by atoms with Gasteiger partial charge in [0.1, 0.15) is 0 Å². The molecule has 0 bridgehead atoms. The number of anilines is 1. The summed E-state index contributed by atoms with van der Waals surface area (Å²) in [6.07, 6.45) is 0. The normalized spacial score (nSPS) is 12.7. The van der Waals surface area contributed by atoms with Gasteiger partial charge in [-0.3, -0.25) is 0 Å². The Labute approximate surface area is 102 Å². The molecule has 1 aromatic rings. The van der Waals surface area contributed by atoms with Crippen LogP contribution >= 0.6 is 0 Å². The summed E-state index contributed by atoms with van der Waals surface area (Å²) in [7, 11) is 0. The quantitative estimate of drug-likeness (QED) is 0.764. The maximum absolute atomic E-state index is 13.9. The molecule has 0 aromatic heterocycles. The Bertz CT molecular complexity index is 411. The van der Waals surface area contributed by atoms with Crippen LogP contribution in [0.3, 0.4) is 0 Å². The second-order valence-electron chi connectivity index (χ2n) is 6.41. The van der Waals surface area contributed by atoms with Crippen LogP contribution in [0, 0.1) is 11.6 Å².